The summed E-state index contributed by atoms with van der Waals surface area (Å²) in [4.78, 5) is 35.1. The highest BCUT2D eigenvalue weighted by Crippen LogP contribution is 2.34. The van der Waals surface area contributed by atoms with Crippen LogP contribution in [0.2, 0.25) is 0 Å². The molecule has 0 amide bonds. The fourth-order valence-electron chi connectivity index (χ4n) is 5.62. The van der Waals surface area contributed by atoms with Gasteiger partial charge in [-0.1, -0.05) is 36.8 Å². The molecule has 0 bridgehead atoms. The van der Waals surface area contributed by atoms with Crippen LogP contribution in [0.15, 0.2) is 75.7 Å². The Morgan fingerprint density at radius 2 is 1.84 bits per heavy atom. The van der Waals surface area contributed by atoms with Crippen LogP contribution in [0.4, 0.5) is 5.69 Å². The first-order chi connectivity index (χ1) is 20.7. The number of ether oxygens (including phenoxy) is 2. The Hall–Kier alpha value is -4.37. The standard InChI is InChI=1S/C34H38N4O4S/c1-8-11-28-30(33(40)42-9-2)31(23-12-10-13-27(19-23)41-7)38-32(39)29(43-34(38)35-28)20-24-18-21(3)37(22(24)4)26-16-14-25(15-17-26)36(5)6/h10,12-20,31H,8-9,11H2,1-7H3/b29-20+/t31-/m0/s1. The topological polar surface area (TPSA) is 78.1 Å². The molecule has 0 spiro atoms. The number of aromatic nitrogens is 2. The monoisotopic (exact) mass is 598 g/mol. The first-order valence-electron chi connectivity index (χ1n) is 14.5. The van der Waals surface area contributed by atoms with Crippen molar-refractivity contribution in [1.29, 1.82) is 0 Å². The quantitative estimate of drug-likeness (QED) is 0.252. The molecule has 43 heavy (non-hydrogen) atoms. The number of rotatable bonds is 9. The van der Waals surface area contributed by atoms with E-state index in [0.717, 1.165) is 40.3 Å². The Kier molecular flexibility index (Phi) is 8.73. The molecule has 3 heterocycles. The number of hydrogen-bond acceptors (Lipinski definition) is 7. The molecule has 1 aliphatic rings. The van der Waals surface area contributed by atoms with Crippen molar-refractivity contribution in [2.75, 3.05) is 32.7 Å². The van der Waals surface area contributed by atoms with Gasteiger partial charge in [-0.3, -0.25) is 9.36 Å². The molecule has 0 saturated carbocycles. The summed E-state index contributed by atoms with van der Waals surface area (Å²) in [6, 6.07) is 17.3. The summed E-state index contributed by atoms with van der Waals surface area (Å²) in [6.45, 7) is 8.18. The fourth-order valence-corrected chi connectivity index (χ4v) is 6.63. The first kappa shape index (κ1) is 30.1. The summed E-state index contributed by atoms with van der Waals surface area (Å²) in [5.41, 5.74) is 6.85. The number of allylic oxidation sites excluding steroid dienone is 1. The number of nitrogens with zero attached hydrogens (tertiary/aromatic N) is 4. The number of methoxy groups -OCH3 is 1. The van der Waals surface area contributed by atoms with Gasteiger partial charge >= 0.3 is 5.97 Å². The van der Waals surface area contributed by atoms with Crippen molar-refractivity contribution in [3.05, 3.63) is 108 Å². The van der Waals surface area contributed by atoms with Gasteiger partial charge in [0.1, 0.15) is 5.75 Å². The third-order valence-corrected chi connectivity index (χ3v) is 8.67. The maximum atomic E-state index is 14.2. The van der Waals surface area contributed by atoms with E-state index in [2.05, 4.69) is 53.6 Å². The van der Waals surface area contributed by atoms with Crippen LogP contribution >= 0.6 is 11.3 Å². The lowest BCUT2D eigenvalue weighted by molar-refractivity contribution is -0.139. The predicted molar refractivity (Wildman–Crippen MR) is 172 cm³/mol. The van der Waals surface area contributed by atoms with Crippen molar-refractivity contribution in [3.63, 3.8) is 0 Å². The molecule has 4 aromatic rings. The molecule has 2 aromatic heterocycles. The molecule has 0 aliphatic carbocycles. The molecule has 1 aliphatic heterocycles. The fraction of sp³-hybridized carbons (Fsp3) is 0.324. The van der Waals surface area contributed by atoms with E-state index in [1.54, 1.807) is 18.6 Å². The van der Waals surface area contributed by atoms with Crippen molar-refractivity contribution >= 4 is 29.1 Å². The number of carbonyl (C=O) groups is 1. The van der Waals surface area contributed by atoms with Crippen LogP contribution in [0.25, 0.3) is 11.8 Å². The van der Waals surface area contributed by atoms with E-state index in [1.807, 2.05) is 51.4 Å². The van der Waals surface area contributed by atoms with Gasteiger partial charge < -0.3 is 18.9 Å². The molecule has 0 fully saturated rings. The third kappa shape index (κ3) is 5.69. The summed E-state index contributed by atoms with van der Waals surface area (Å²) in [5, 5.41) is 0. The molecule has 1 atom stereocenters. The number of anilines is 1. The zero-order valence-corrected chi connectivity index (χ0v) is 26.6. The van der Waals surface area contributed by atoms with Crippen LogP contribution in [-0.2, 0) is 9.53 Å². The van der Waals surface area contributed by atoms with Crippen molar-refractivity contribution < 1.29 is 14.3 Å². The maximum Gasteiger partial charge on any atom is 0.338 e. The normalized spacial score (nSPS) is 14.9. The minimum Gasteiger partial charge on any atom is -0.497 e. The van der Waals surface area contributed by atoms with E-state index < -0.39 is 12.0 Å². The molecule has 2 aromatic carbocycles. The molecular weight excluding hydrogens is 560 g/mol. The van der Waals surface area contributed by atoms with Crippen LogP contribution in [0, 0.1) is 13.8 Å². The van der Waals surface area contributed by atoms with Gasteiger partial charge in [0.2, 0.25) is 0 Å². The number of carbonyl (C=O) groups excluding carboxylic acids is 1. The van der Waals surface area contributed by atoms with Gasteiger partial charge in [-0.25, -0.2) is 9.79 Å². The van der Waals surface area contributed by atoms with Crippen LogP contribution in [0.1, 0.15) is 55.2 Å². The minimum atomic E-state index is -0.684. The Balaban J connectivity index is 1.69. The average molecular weight is 599 g/mol. The molecule has 5 rings (SSSR count). The summed E-state index contributed by atoms with van der Waals surface area (Å²) in [5.74, 6) is 0.184. The number of thiazole rings is 1. The highest BCUT2D eigenvalue weighted by Gasteiger charge is 2.34. The molecule has 8 nitrogen and oxygen atoms in total. The Morgan fingerprint density at radius 3 is 2.49 bits per heavy atom. The van der Waals surface area contributed by atoms with Crippen molar-refractivity contribution in [2.45, 2.75) is 46.6 Å². The van der Waals surface area contributed by atoms with Gasteiger partial charge in [-0.05, 0) is 86.9 Å². The number of fused-ring (bicyclic) bond motifs is 1. The second-order valence-electron chi connectivity index (χ2n) is 10.8. The molecule has 0 N–H and O–H groups in total. The van der Waals surface area contributed by atoms with Gasteiger partial charge in [0.15, 0.2) is 4.80 Å². The lowest BCUT2D eigenvalue weighted by Gasteiger charge is -2.26. The Morgan fingerprint density at radius 1 is 1.09 bits per heavy atom. The van der Waals surface area contributed by atoms with E-state index >= 15 is 0 Å². The number of aryl methyl sites for hydroxylation is 1. The van der Waals surface area contributed by atoms with Gasteiger partial charge in [0, 0.05) is 36.9 Å². The molecule has 0 saturated heterocycles. The lowest BCUT2D eigenvalue weighted by Crippen LogP contribution is -2.40. The number of hydrogen-bond donors (Lipinski definition) is 0. The van der Waals surface area contributed by atoms with Crippen LogP contribution in [-0.4, -0.2) is 42.9 Å². The van der Waals surface area contributed by atoms with E-state index in [0.29, 0.717) is 32.8 Å². The predicted octanol–water partition coefficient (Wildman–Crippen LogP) is 5.06. The molecular formula is C34H38N4O4S. The van der Waals surface area contributed by atoms with E-state index in [-0.39, 0.29) is 12.2 Å². The summed E-state index contributed by atoms with van der Waals surface area (Å²) >= 11 is 1.34. The van der Waals surface area contributed by atoms with Crippen LogP contribution < -0.4 is 24.5 Å². The van der Waals surface area contributed by atoms with Gasteiger partial charge in [-0.15, -0.1) is 0 Å². The highest BCUT2D eigenvalue weighted by molar-refractivity contribution is 7.07. The van der Waals surface area contributed by atoms with Gasteiger partial charge in [0.25, 0.3) is 5.56 Å². The molecule has 0 radical (unpaired) electrons. The van der Waals surface area contributed by atoms with E-state index in [1.165, 1.54) is 11.3 Å². The molecule has 224 valence electrons. The average Bonchev–Trinajstić information content (AvgIpc) is 3.46. The van der Waals surface area contributed by atoms with E-state index in [4.69, 9.17) is 14.5 Å². The largest absolute Gasteiger partial charge is 0.497 e. The highest BCUT2D eigenvalue weighted by atomic mass is 32.1. The number of benzene rings is 2. The summed E-state index contributed by atoms with van der Waals surface area (Å²) in [7, 11) is 5.64. The van der Waals surface area contributed by atoms with Crippen molar-refractivity contribution in [2.24, 2.45) is 4.99 Å². The van der Waals surface area contributed by atoms with Crippen molar-refractivity contribution in [3.8, 4) is 11.4 Å². The van der Waals surface area contributed by atoms with Gasteiger partial charge in [-0.2, -0.15) is 0 Å². The third-order valence-electron chi connectivity index (χ3n) is 7.68. The second-order valence-corrected chi connectivity index (χ2v) is 11.8. The second kappa shape index (κ2) is 12.5. The van der Waals surface area contributed by atoms with Crippen LogP contribution in [0.3, 0.4) is 0 Å². The first-order valence-corrected chi connectivity index (χ1v) is 15.3. The summed E-state index contributed by atoms with van der Waals surface area (Å²) in [6.07, 6.45) is 3.32. The minimum absolute atomic E-state index is 0.200. The zero-order valence-electron chi connectivity index (χ0n) is 25.8. The summed E-state index contributed by atoms with van der Waals surface area (Å²) < 4.78 is 15.4. The Labute approximate surface area is 255 Å². The molecule has 0 unspecified atom stereocenters. The number of esters is 1. The van der Waals surface area contributed by atoms with Crippen LogP contribution in [0.5, 0.6) is 5.75 Å². The van der Waals surface area contributed by atoms with E-state index in [9.17, 15) is 9.59 Å². The lowest BCUT2D eigenvalue weighted by atomic mass is 9.94. The van der Waals surface area contributed by atoms with Gasteiger partial charge in [0.05, 0.1) is 35.6 Å². The zero-order chi connectivity index (χ0) is 30.8. The smallest absolute Gasteiger partial charge is 0.338 e. The van der Waals surface area contributed by atoms with Crippen molar-refractivity contribution in [1.82, 2.24) is 9.13 Å². The maximum absolute atomic E-state index is 14.2. The molecule has 9 heteroatoms. The Bertz CT molecular complexity index is 1880. The SMILES string of the molecule is CCCC1=C(C(=O)OCC)[C@H](c2cccc(OC)c2)n2c(s/c(=C/c3cc(C)n(-c4ccc(N(C)C)cc4)c3C)c2=O)=N1.